The summed E-state index contributed by atoms with van der Waals surface area (Å²) >= 11 is 1.51. The molecule has 22 heavy (non-hydrogen) atoms. The molecule has 0 saturated carbocycles. The van der Waals surface area contributed by atoms with Gasteiger partial charge in [-0.3, -0.25) is 4.79 Å². The van der Waals surface area contributed by atoms with Crippen molar-refractivity contribution < 1.29 is 9.53 Å². The number of hydrogen-bond acceptors (Lipinski definition) is 5. The molecule has 0 radical (unpaired) electrons. The van der Waals surface area contributed by atoms with Gasteiger partial charge in [0.2, 0.25) is 5.88 Å². The Morgan fingerprint density at radius 1 is 1.27 bits per heavy atom. The third kappa shape index (κ3) is 3.07. The van der Waals surface area contributed by atoms with E-state index in [-0.39, 0.29) is 12.5 Å². The van der Waals surface area contributed by atoms with Crippen molar-refractivity contribution in [3.05, 3.63) is 47.6 Å². The minimum atomic E-state index is -0.206. The maximum atomic E-state index is 12.1. The van der Waals surface area contributed by atoms with Gasteiger partial charge >= 0.3 is 0 Å². The highest BCUT2D eigenvalue weighted by Crippen LogP contribution is 2.25. The number of aromatic nitrogens is 2. The molecular formula is C16H15N3O2S. The summed E-state index contributed by atoms with van der Waals surface area (Å²) in [6.45, 7) is 1.97. The summed E-state index contributed by atoms with van der Waals surface area (Å²) in [6.07, 6.45) is 2.30. The number of rotatable bonds is 5. The molecule has 2 heterocycles. The zero-order valence-electron chi connectivity index (χ0n) is 12.1. The van der Waals surface area contributed by atoms with E-state index in [2.05, 4.69) is 22.2 Å². The molecule has 3 rings (SSSR count). The van der Waals surface area contributed by atoms with E-state index in [0.717, 1.165) is 27.9 Å². The van der Waals surface area contributed by atoms with Gasteiger partial charge in [0.05, 0.1) is 5.39 Å². The van der Waals surface area contributed by atoms with E-state index in [1.807, 2.05) is 35.7 Å². The average Bonchev–Trinajstić information content (AvgIpc) is 3.02. The first-order valence-electron chi connectivity index (χ1n) is 6.96. The monoisotopic (exact) mass is 313 g/mol. The summed E-state index contributed by atoms with van der Waals surface area (Å²) in [7, 11) is 0. The maximum absolute atomic E-state index is 12.1. The van der Waals surface area contributed by atoms with Crippen molar-refractivity contribution in [2.45, 2.75) is 13.3 Å². The molecule has 5 nitrogen and oxygen atoms in total. The van der Waals surface area contributed by atoms with Crippen LogP contribution < -0.4 is 10.1 Å². The Hall–Kier alpha value is -2.47. The Morgan fingerprint density at radius 3 is 3.00 bits per heavy atom. The zero-order chi connectivity index (χ0) is 15.4. The van der Waals surface area contributed by atoms with Gasteiger partial charge in [-0.05, 0) is 29.5 Å². The van der Waals surface area contributed by atoms with Crippen LogP contribution in [-0.4, -0.2) is 22.5 Å². The predicted octanol–water partition coefficient (Wildman–Crippen LogP) is 3.27. The molecule has 0 aliphatic heterocycles. The summed E-state index contributed by atoms with van der Waals surface area (Å²) in [5, 5.41) is 5.62. The molecule has 0 atom stereocenters. The third-order valence-corrected chi connectivity index (χ3v) is 4.06. The van der Waals surface area contributed by atoms with E-state index in [1.54, 1.807) is 0 Å². The standard InChI is InChI=1S/C16H15N3O2S/c1-2-11-5-3-4-6-13(11)19-14(20)9-21-15-12-7-8-22-16(12)18-10-17-15/h3-8,10H,2,9H2,1H3,(H,19,20). The fraction of sp³-hybridized carbons (Fsp3) is 0.188. The largest absolute Gasteiger partial charge is 0.467 e. The van der Waals surface area contributed by atoms with Crippen LogP contribution >= 0.6 is 11.3 Å². The van der Waals surface area contributed by atoms with E-state index in [9.17, 15) is 4.79 Å². The van der Waals surface area contributed by atoms with Gasteiger partial charge in [0, 0.05) is 5.69 Å². The Kier molecular flexibility index (Phi) is 4.29. The minimum Gasteiger partial charge on any atom is -0.467 e. The van der Waals surface area contributed by atoms with Gasteiger partial charge in [-0.1, -0.05) is 25.1 Å². The van der Waals surface area contributed by atoms with Gasteiger partial charge in [-0.2, -0.15) is 0 Å². The molecule has 3 aromatic rings. The molecule has 2 aromatic heterocycles. The first-order chi connectivity index (χ1) is 10.8. The van der Waals surface area contributed by atoms with Crippen LogP contribution in [-0.2, 0) is 11.2 Å². The van der Waals surface area contributed by atoms with E-state index in [1.165, 1.54) is 17.7 Å². The number of carbonyl (C=O) groups is 1. The molecule has 6 heteroatoms. The number of hydrogen-bond donors (Lipinski definition) is 1. The number of carbonyl (C=O) groups excluding carboxylic acids is 1. The summed E-state index contributed by atoms with van der Waals surface area (Å²) in [6, 6.07) is 9.63. The predicted molar refractivity (Wildman–Crippen MR) is 87.4 cm³/mol. The highest BCUT2D eigenvalue weighted by atomic mass is 32.1. The smallest absolute Gasteiger partial charge is 0.262 e. The van der Waals surface area contributed by atoms with Gasteiger partial charge < -0.3 is 10.1 Å². The van der Waals surface area contributed by atoms with Gasteiger partial charge in [0.15, 0.2) is 6.61 Å². The second-order valence-corrected chi connectivity index (χ2v) is 5.56. The van der Waals surface area contributed by atoms with Crippen molar-refractivity contribution in [3.63, 3.8) is 0 Å². The van der Waals surface area contributed by atoms with Crippen LogP contribution in [0.3, 0.4) is 0 Å². The molecule has 0 saturated heterocycles. The molecule has 112 valence electrons. The summed E-state index contributed by atoms with van der Waals surface area (Å²) < 4.78 is 5.53. The summed E-state index contributed by atoms with van der Waals surface area (Å²) in [5.74, 6) is 0.230. The fourth-order valence-electron chi connectivity index (χ4n) is 2.15. The lowest BCUT2D eigenvalue weighted by molar-refractivity contribution is -0.118. The number of anilines is 1. The molecule has 0 spiro atoms. The van der Waals surface area contributed by atoms with Gasteiger partial charge in [-0.15, -0.1) is 11.3 Å². The normalized spacial score (nSPS) is 10.6. The van der Waals surface area contributed by atoms with Crippen molar-refractivity contribution in [1.82, 2.24) is 9.97 Å². The first-order valence-corrected chi connectivity index (χ1v) is 7.84. The Balaban J connectivity index is 1.66. The average molecular weight is 313 g/mol. The number of aryl methyl sites for hydroxylation is 1. The molecule has 1 aromatic carbocycles. The zero-order valence-corrected chi connectivity index (χ0v) is 12.9. The first kappa shape index (κ1) is 14.5. The topological polar surface area (TPSA) is 64.1 Å². The SMILES string of the molecule is CCc1ccccc1NC(=O)COc1ncnc2sccc12. The molecule has 1 amide bonds. The van der Waals surface area contributed by atoms with E-state index in [0.29, 0.717) is 5.88 Å². The van der Waals surface area contributed by atoms with Crippen molar-refractivity contribution in [2.75, 3.05) is 11.9 Å². The highest BCUT2D eigenvalue weighted by Gasteiger charge is 2.10. The third-order valence-electron chi connectivity index (χ3n) is 3.24. The number of fused-ring (bicyclic) bond motifs is 1. The number of para-hydroxylation sites is 1. The lowest BCUT2D eigenvalue weighted by Crippen LogP contribution is -2.21. The Morgan fingerprint density at radius 2 is 2.14 bits per heavy atom. The molecule has 0 aliphatic carbocycles. The lowest BCUT2D eigenvalue weighted by Gasteiger charge is -2.10. The van der Waals surface area contributed by atoms with Crippen LogP contribution in [0.15, 0.2) is 42.0 Å². The van der Waals surface area contributed by atoms with Crippen molar-refractivity contribution in [2.24, 2.45) is 0 Å². The van der Waals surface area contributed by atoms with Crippen LogP contribution in [0, 0.1) is 0 Å². The van der Waals surface area contributed by atoms with Crippen molar-refractivity contribution >= 4 is 33.1 Å². The van der Waals surface area contributed by atoms with Crippen LogP contribution in [0.1, 0.15) is 12.5 Å². The maximum Gasteiger partial charge on any atom is 0.262 e. The van der Waals surface area contributed by atoms with Crippen LogP contribution in [0.4, 0.5) is 5.69 Å². The van der Waals surface area contributed by atoms with E-state index in [4.69, 9.17) is 4.74 Å². The molecular weight excluding hydrogens is 298 g/mol. The second-order valence-electron chi connectivity index (χ2n) is 4.67. The van der Waals surface area contributed by atoms with Crippen LogP contribution in [0.2, 0.25) is 0 Å². The molecule has 0 unspecified atom stereocenters. The number of amides is 1. The number of ether oxygens (including phenoxy) is 1. The number of nitrogens with zero attached hydrogens (tertiary/aromatic N) is 2. The van der Waals surface area contributed by atoms with Gasteiger partial charge in [0.1, 0.15) is 11.2 Å². The molecule has 1 N–H and O–H groups in total. The number of nitrogens with one attached hydrogen (secondary N) is 1. The van der Waals surface area contributed by atoms with Crippen molar-refractivity contribution in [1.29, 1.82) is 0 Å². The van der Waals surface area contributed by atoms with Crippen molar-refractivity contribution in [3.8, 4) is 5.88 Å². The van der Waals surface area contributed by atoms with E-state index < -0.39 is 0 Å². The number of benzene rings is 1. The molecule has 0 fully saturated rings. The summed E-state index contributed by atoms with van der Waals surface area (Å²) in [4.78, 5) is 21.1. The summed E-state index contributed by atoms with van der Waals surface area (Å²) in [5.41, 5.74) is 1.92. The Bertz CT molecular complexity index is 801. The lowest BCUT2D eigenvalue weighted by atomic mass is 10.1. The van der Waals surface area contributed by atoms with Crippen LogP contribution in [0.5, 0.6) is 5.88 Å². The van der Waals surface area contributed by atoms with E-state index >= 15 is 0 Å². The highest BCUT2D eigenvalue weighted by molar-refractivity contribution is 7.16. The van der Waals surface area contributed by atoms with Gasteiger partial charge in [0.25, 0.3) is 5.91 Å². The minimum absolute atomic E-state index is 0.0833. The number of thiophene rings is 1. The second kappa shape index (κ2) is 6.53. The Labute approximate surface area is 132 Å². The fourth-order valence-corrected chi connectivity index (χ4v) is 2.88. The molecule has 0 bridgehead atoms. The van der Waals surface area contributed by atoms with Gasteiger partial charge in [-0.25, -0.2) is 9.97 Å². The van der Waals surface area contributed by atoms with Crippen LogP contribution in [0.25, 0.3) is 10.2 Å². The quantitative estimate of drug-likeness (QED) is 0.785. The molecule has 0 aliphatic rings.